The van der Waals surface area contributed by atoms with Crippen molar-refractivity contribution in [2.75, 3.05) is 13.2 Å². The molecule has 0 aromatic carbocycles. The van der Waals surface area contributed by atoms with Gasteiger partial charge in [-0.1, -0.05) is 289 Å². The molecule has 6 heteroatoms. The van der Waals surface area contributed by atoms with Crippen LogP contribution in [-0.2, 0) is 28.6 Å². The molecule has 79 heavy (non-hydrogen) atoms. The molecule has 446 valence electrons. The molecule has 0 saturated carbocycles. The van der Waals surface area contributed by atoms with Gasteiger partial charge in [0.15, 0.2) is 6.10 Å². The maximum Gasteiger partial charge on any atom is 0.309 e. The zero-order valence-electron chi connectivity index (χ0n) is 51.1. The smallest absolute Gasteiger partial charge is 0.309 e. The molecule has 0 aliphatic carbocycles. The van der Waals surface area contributed by atoms with E-state index in [9.17, 15) is 14.4 Å². The average Bonchev–Trinajstić information content (AvgIpc) is 3.45. The molecule has 0 aromatic heterocycles. The second kappa shape index (κ2) is 65.8. The van der Waals surface area contributed by atoms with Crippen molar-refractivity contribution in [2.45, 2.75) is 284 Å². The van der Waals surface area contributed by atoms with Gasteiger partial charge in [0.25, 0.3) is 0 Å². The lowest BCUT2D eigenvalue weighted by Crippen LogP contribution is -2.30. The molecule has 1 atom stereocenters. The first-order valence-corrected chi connectivity index (χ1v) is 32.3. The highest BCUT2D eigenvalue weighted by atomic mass is 16.6. The summed E-state index contributed by atoms with van der Waals surface area (Å²) < 4.78 is 16.7. The molecule has 0 heterocycles. The Kier molecular flexibility index (Phi) is 61.9. The molecule has 0 amide bonds. The normalized spacial score (nSPS) is 13.1. The van der Waals surface area contributed by atoms with Crippen molar-refractivity contribution >= 4 is 17.9 Å². The summed E-state index contributed by atoms with van der Waals surface area (Å²) in [5, 5.41) is 0. The molecule has 0 bridgehead atoms. The molecular weight excluding hydrogens is 973 g/mol. The highest BCUT2D eigenvalue weighted by Gasteiger charge is 2.19. The summed E-state index contributed by atoms with van der Waals surface area (Å²) in [5.41, 5.74) is 0. The van der Waals surface area contributed by atoms with Crippen LogP contribution in [0.4, 0.5) is 0 Å². The Bertz CT molecular complexity index is 1730. The molecule has 0 N–H and O–H groups in total. The van der Waals surface area contributed by atoms with Gasteiger partial charge in [0.2, 0.25) is 0 Å². The van der Waals surface area contributed by atoms with Crippen LogP contribution in [0.2, 0.25) is 0 Å². The van der Waals surface area contributed by atoms with E-state index in [1.807, 2.05) is 6.08 Å². The Hall–Kier alpha value is -4.71. The molecule has 0 radical (unpaired) electrons. The van der Waals surface area contributed by atoms with Crippen molar-refractivity contribution in [3.63, 3.8) is 0 Å². The number of allylic oxidation sites excluding steroid dienone is 23. The van der Waals surface area contributed by atoms with E-state index in [4.69, 9.17) is 14.2 Å². The first-order valence-electron chi connectivity index (χ1n) is 32.3. The van der Waals surface area contributed by atoms with E-state index in [1.54, 1.807) is 6.08 Å². The number of esters is 3. The standard InChI is InChI=1S/C73H118O6/c1-4-7-10-13-16-19-22-25-28-30-31-32-33-34-35-36-37-38-39-40-41-43-45-48-51-54-57-60-63-66-72(75)78-69-70(68-77-71(74)65-62-59-56-53-50-47-44-27-24-21-18-15-12-9-6-3)79-73(76)67-64-61-58-55-52-49-46-42-29-26-23-20-17-14-11-8-5-2/h8-9,11-12,17-18,20-22,25-27,29-31,44,46,49-50,53,55,58-59,62,70H,4-7,10,13-16,19,23-24,28,32-43,45,47-48,51-52,54,56-57,60-61,63-69H2,1-3H3/b11-8-,12-9-,20-17-,21-18-,25-22-,29-26-,31-30-,44-27-,49-46-,53-50-,58-55-,62-59-. The maximum atomic E-state index is 12.9. The maximum absolute atomic E-state index is 12.9. The van der Waals surface area contributed by atoms with E-state index < -0.39 is 18.0 Å². The Morgan fingerprint density at radius 2 is 0.557 bits per heavy atom. The molecule has 0 spiro atoms. The van der Waals surface area contributed by atoms with Crippen molar-refractivity contribution in [3.05, 3.63) is 146 Å². The highest BCUT2D eigenvalue weighted by molar-refractivity contribution is 5.72. The van der Waals surface area contributed by atoms with Gasteiger partial charge in [0, 0.05) is 12.8 Å². The van der Waals surface area contributed by atoms with Crippen LogP contribution < -0.4 is 0 Å². The minimum Gasteiger partial charge on any atom is -0.462 e. The van der Waals surface area contributed by atoms with E-state index in [0.29, 0.717) is 12.8 Å². The van der Waals surface area contributed by atoms with Gasteiger partial charge >= 0.3 is 17.9 Å². The number of carbonyl (C=O) groups is 3. The summed E-state index contributed by atoms with van der Waals surface area (Å²) >= 11 is 0. The lowest BCUT2D eigenvalue weighted by molar-refractivity contribution is -0.166. The largest absolute Gasteiger partial charge is 0.462 e. The van der Waals surface area contributed by atoms with Crippen LogP contribution in [0.25, 0.3) is 0 Å². The third kappa shape index (κ3) is 64.0. The first kappa shape index (κ1) is 74.3. The van der Waals surface area contributed by atoms with Crippen LogP contribution in [0.15, 0.2) is 146 Å². The second-order valence-electron chi connectivity index (χ2n) is 20.9. The number of unbranched alkanes of at least 4 members (excludes halogenated alkanes) is 23. The SMILES string of the molecule is CC/C=C\C/C=C\C/C=C\C/C=C\C/C=C\CCCC(=O)OC(COC(=O)C/C=C\C/C=C\C/C=C\C/C=C\C/C=C\CC)COC(=O)CCCCCCCCCCCCCCCCCCC/C=C\C/C=C\CCCCCCC. The first-order chi connectivity index (χ1) is 39.0. The number of rotatable bonds is 57. The van der Waals surface area contributed by atoms with Crippen molar-refractivity contribution in [1.82, 2.24) is 0 Å². The van der Waals surface area contributed by atoms with Crippen LogP contribution in [0.5, 0.6) is 0 Å². The number of carbonyl (C=O) groups excluding carboxylic acids is 3. The molecule has 1 unspecified atom stereocenters. The Morgan fingerprint density at radius 1 is 0.278 bits per heavy atom. The fourth-order valence-electron chi connectivity index (χ4n) is 8.58. The zero-order chi connectivity index (χ0) is 57.1. The Labute approximate surface area is 487 Å². The summed E-state index contributed by atoms with van der Waals surface area (Å²) in [6.45, 7) is 6.27. The lowest BCUT2D eigenvalue weighted by atomic mass is 10.0. The van der Waals surface area contributed by atoms with Gasteiger partial charge in [-0.2, -0.15) is 0 Å². The number of hydrogen-bond acceptors (Lipinski definition) is 6. The van der Waals surface area contributed by atoms with Crippen molar-refractivity contribution in [2.24, 2.45) is 0 Å². The molecular formula is C73H118O6. The summed E-state index contributed by atoms with van der Waals surface area (Å²) in [5.74, 6) is -1.13. The summed E-state index contributed by atoms with van der Waals surface area (Å²) in [4.78, 5) is 38.2. The quantitative estimate of drug-likeness (QED) is 0.0261. The topological polar surface area (TPSA) is 78.9 Å². The monoisotopic (exact) mass is 1090 g/mol. The minimum atomic E-state index is -0.854. The van der Waals surface area contributed by atoms with Crippen LogP contribution in [0, 0.1) is 0 Å². The molecule has 0 aliphatic rings. The van der Waals surface area contributed by atoms with E-state index in [2.05, 4.69) is 154 Å². The third-order valence-electron chi connectivity index (χ3n) is 13.3. The van der Waals surface area contributed by atoms with Crippen molar-refractivity contribution in [1.29, 1.82) is 0 Å². The molecule has 0 saturated heterocycles. The van der Waals surface area contributed by atoms with Gasteiger partial charge in [-0.25, -0.2) is 0 Å². The Balaban J connectivity index is 4.39. The minimum absolute atomic E-state index is 0.110. The highest BCUT2D eigenvalue weighted by Crippen LogP contribution is 2.16. The van der Waals surface area contributed by atoms with E-state index in [0.717, 1.165) is 96.3 Å². The van der Waals surface area contributed by atoms with E-state index in [1.165, 1.54) is 135 Å². The zero-order valence-corrected chi connectivity index (χ0v) is 51.1. The van der Waals surface area contributed by atoms with Gasteiger partial charge < -0.3 is 14.2 Å². The number of hydrogen-bond donors (Lipinski definition) is 0. The molecule has 0 fully saturated rings. The van der Waals surface area contributed by atoms with Crippen LogP contribution in [-0.4, -0.2) is 37.2 Å². The van der Waals surface area contributed by atoms with Gasteiger partial charge in [0.05, 0.1) is 6.42 Å². The second-order valence-corrected chi connectivity index (χ2v) is 20.9. The van der Waals surface area contributed by atoms with Gasteiger partial charge in [-0.05, 0) is 116 Å². The summed E-state index contributed by atoms with van der Waals surface area (Å²) in [7, 11) is 0. The van der Waals surface area contributed by atoms with Crippen LogP contribution in [0.3, 0.4) is 0 Å². The fourth-order valence-corrected chi connectivity index (χ4v) is 8.58. The summed E-state index contributed by atoms with van der Waals surface area (Å²) in [6, 6.07) is 0. The third-order valence-corrected chi connectivity index (χ3v) is 13.3. The average molecular weight is 1090 g/mol. The van der Waals surface area contributed by atoms with Crippen molar-refractivity contribution < 1.29 is 28.6 Å². The molecule has 0 rings (SSSR count). The molecule has 0 aromatic rings. The van der Waals surface area contributed by atoms with Gasteiger partial charge in [-0.15, -0.1) is 0 Å². The predicted molar refractivity (Wildman–Crippen MR) is 343 cm³/mol. The molecule has 0 aliphatic heterocycles. The van der Waals surface area contributed by atoms with Gasteiger partial charge in [0.1, 0.15) is 13.2 Å². The van der Waals surface area contributed by atoms with Crippen LogP contribution in [0.1, 0.15) is 278 Å². The lowest BCUT2D eigenvalue weighted by Gasteiger charge is -2.18. The predicted octanol–water partition coefficient (Wildman–Crippen LogP) is 22.3. The van der Waals surface area contributed by atoms with Crippen molar-refractivity contribution in [3.8, 4) is 0 Å². The molecule has 6 nitrogen and oxygen atoms in total. The van der Waals surface area contributed by atoms with E-state index >= 15 is 0 Å². The Morgan fingerprint density at radius 3 is 0.924 bits per heavy atom. The number of ether oxygens (including phenoxy) is 3. The summed E-state index contributed by atoms with van der Waals surface area (Å²) in [6.07, 6.45) is 94.7. The van der Waals surface area contributed by atoms with E-state index in [-0.39, 0.29) is 32.0 Å². The fraction of sp³-hybridized carbons (Fsp3) is 0.630. The van der Waals surface area contributed by atoms with Crippen LogP contribution >= 0.6 is 0 Å². The van der Waals surface area contributed by atoms with Gasteiger partial charge in [-0.3, -0.25) is 14.4 Å².